The smallest absolute Gasteiger partial charge is 0.220 e. The number of amides is 1. The van der Waals surface area contributed by atoms with E-state index in [1.807, 2.05) is 0 Å². The highest BCUT2D eigenvalue weighted by molar-refractivity contribution is 5.76. The first kappa shape index (κ1) is 70.9. The van der Waals surface area contributed by atoms with Crippen LogP contribution < -0.4 is 5.32 Å². The Labute approximate surface area is 453 Å². The number of carbonyl (C=O) groups excluding carboxylic acids is 1. The summed E-state index contributed by atoms with van der Waals surface area (Å²) in [6.45, 7) is 4.39. The van der Waals surface area contributed by atoms with Crippen molar-refractivity contribution >= 4 is 5.91 Å². The lowest BCUT2D eigenvalue weighted by atomic mass is 10.0. The van der Waals surface area contributed by atoms with Crippen LogP contribution >= 0.6 is 0 Å². The minimum atomic E-state index is -0.657. The second-order valence-electron chi connectivity index (χ2n) is 23.2. The van der Waals surface area contributed by atoms with Gasteiger partial charge in [-0.3, -0.25) is 4.79 Å². The Morgan fingerprint density at radius 1 is 0.333 bits per heavy atom. The fourth-order valence-electron chi connectivity index (χ4n) is 10.9. The van der Waals surface area contributed by atoms with Crippen molar-refractivity contribution in [1.82, 2.24) is 5.32 Å². The molecule has 0 fully saturated rings. The van der Waals surface area contributed by atoms with Gasteiger partial charge in [-0.25, -0.2) is 0 Å². The number of allylic oxidation sites excluding steroid dienone is 4. The summed E-state index contributed by atoms with van der Waals surface area (Å²) < 4.78 is 0. The molecule has 0 aliphatic heterocycles. The van der Waals surface area contributed by atoms with Gasteiger partial charge in [0.2, 0.25) is 5.91 Å². The van der Waals surface area contributed by atoms with Gasteiger partial charge in [0.25, 0.3) is 0 Å². The van der Waals surface area contributed by atoms with Gasteiger partial charge in [-0.2, -0.15) is 0 Å². The summed E-state index contributed by atoms with van der Waals surface area (Å²) >= 11 is 0. The SMILES string of the molecule is CCCCCCC/C=C\C/C=C\CCCCCCCCCCCCCCCCCCCCCCCCCCCCCC(=O)NC(CO)C(O)CCCCCCCCCCCCCCCCCCCCCCC. The standard InChI is InChI=1S/C68H133NO3/c1-3-5-7-9-11-13-15-17-19-21-23-25-26-27-28-29-30-31-32-33-34-35-36-37-38-39-40-41-42-44-46-48-50-52-54-56-58-60-62-64-68(72)69-66(65-70)67(71)63-61-59-57-55-53-51-49-47-45-43-24-22-20-18-16-14-12-10-8-6-4-2/h15,17,21,23,66-67,70-71H,3-14,16,18-20,22,24-65H2,1-2H3,(H,69,72)/b17-15-,23-21-. The van der Waals surface area contributed by atoms with Gasteiger partial charge in [0.15, 0.2) is 0 Å². The summed E-state index contributed by atoms with van der Waals surface area (Å²) in [6, 6.07) is -0.534. The molecule has 0 bridgehead atoms. The number of unbranched alkanes of at least 4 members (excludes halogenated alkanes) is 52. The predicted octanol–water partition coefficient (Wildman–Crippen LogP) is 22.6. The Bertz CT molecular complexity index is 1060. The average Bonchev–Trinajstić information content (AvgIpc) is 3.39. The van der Waals surface area contributed by atoms with Crippen molar-refractivity contribution in [2.45, 2.75) is 398 Å². The lowest BCUT2D eigenvalue weighted by Gasteiger charge is -2.22. The topological polar surface area (TPSA) is 69.6 Å². The zero-order chi connectivity index (χ0) is 52.0. The van der Waals surface area contributed by atoms with Gasteiger partial charge in [0, 0.05) is 6.42 Å². The maximum atomic E-state index is 12.5. The molecule has 0 radical (unpaired) electrons. The number of hydrogen-bond acceptors (Lipinski definition) is 3. The van der Waals surface area contributed by atoms with E-state index in [-0.39, 0.29) is 12.5 Å². The molecule has 428 valence electrons. The van der Waals surface area contributed by atoms with E-state index >= 15 is 0 Å². The first-order valence-electron chi connectivity index (χ1n) is 33.5. The molecule has 72 heavy (non-hydrogen) atoms. The Balaban J connectivity index is 3.36. The Morgan fingerprint density at radius 2 is 0.569 bits per heavy atom. The lowest BCUT2D eigenvalue weighted by molar-refractivity contribution is -0.123. The molecule has 0 saturated heterocycles. The molecule has 2 atom stereocenters. The fraction of sp³-hybridized carbons (Fsp3) is 0.926. The molecule has 0 heterocycles. The predicted molar refractivity (Wildman–Crippen MR) is 322 cm³/mol. The molecule has 0 aromatic rings. The third-order valence-corrected chi connectivity index (χ3v) is 16.0. The molecule has 3 N–H and O–H groups in total. The molecule has 2 unspecified atom stereocenters. The van der Waals surface area contributed by atoms with E-state index in [4.69, 9.17) is 0 Å². The monoisotopic (exact) mass is 1010 g/mol. The zero-order valence-electron chi connectivity index (χ0n) is 49.5. The number of carbonyl (C=O) groups is 1. The highest BCUT2D eigenvalue weighted by atomic mass is 16.3. The van der Waals surface area contributed by atoms with E-state index in [1.165, 1.54) is 327 Å². The van der Waals surface area contributed by atoms with Gasteiger partial charge in [0.1, 0.15) is 0 Å². The lowest BCUT2D eigenvalue weighted by Crippen LogP contribution is -2.45. The van der Waals surface area contributed by atoms with Gasteiger partial charge in [-0.15, -0.1) is 0 Å². The van der Waals surface area contributed by atoms with Crippen molar-refractivity contribution in [3.63, 3.8) is 0 Å². The summed E-state index contributed by atoms with van der Waals surface area (Å²) in [4.78, 5) is 12.5. The number of aliphatic hydroxyl groups is 2. The van der Waals surface area contributed by atoms with Crippen molar-refractivity contribution in [1.29, 1.82) is 0 Å². The van der Waals surface area contributed by atoms with E-state index in [0.29, 0.717) is 12.8 Å². The molecule has 0 rings (SSSR count). The second kappa shape index (κ2) is 64.2. The molecule has 0 aliphatic rings. The molecular weight excluding hydrogens is 879 g/mol. The first-order chi connectivity index (χ1) is 35.7. The summed E-state index contributed by atoms with van der Waals surface area (Å²) in [5, 5.41) is 23.4. The van der Waals surface area contributed by atoms with Gasteiger partial charge in [-0.1, -0.05) is 359 Å². The molecule has 0 aromatic heterocycles. The third-order valence-electron chi connectivity index (χ3n) is 16.0. The quantitative estimate of drug-likeness (QED) is 0.0420. The van der Waals surface area contributed by atoms with Gasteiger partial charge in [-0.05, 0) is 44.9 Å². The van der Waals surface area contributed by atoms with Crippen LogP contribution in [0.1, 0.15) is 386 Å². The van der Waals surface area contributed by atoms with E-state index in [2.05, 4.69) is 43.5 Å². The minimum absolute atomic E-state index is 0.0218. The average molecular weight is 1010 g/mol. The van der Waals surface area contributed by atoms with Crippen molar-refractivity contribution < 1.29 is 15.0 Å². The zero-order valence-corrected chi connectivity index (χ0v) is 49.5. The highest BCUT2D eigenvalue weighted by Gasteiger charge is 2.20. The van der Waals surface area contributed by atoms with Gasteiger partial charge in [0.05, 0.1) is 18.8 Å². The number of nitrogens with one attached hydrogen (secondary N) is 1. The van der Waals surface area contributed by atoms with Crippen molar-refractivity contribution in [2.75, 3.05) is 6.61 Å². The fourth-order valence-corrected chi connectivity index (χ4v) is 10.9. The Kier molecular flexibility index (Phi) is 63.2. The van der Waals surface area contributed by atoms with Crippen molar-refractivity contribution in [3.8, 4) is 0 Å². The molecule has 4 nitrogen and oxygen atoms in total. The van der Waals surface area contributed by atoms with E-state index in [0.717, 1.165) is 32.1 Å². The minimum Gasteiger partial charge on any atom is -0.394 e. The van der Waals surface area contributed by atoms with E-state index in [1.54, 1.807) is 0 Å². The van der Waals surface area contributed by atoms with Crippen LogP contribution in [0.3, 0.4) is 0 Å². The molecule has 0 aromatic carbocycles. The van der Waals surface area contributed by atoms with Crippen LogP contribution in [0.25, 0.3) is 0 Å². The van der Waals surface area contributed by atoms with Crippen molar-refractivity contribution in [3.05, 3.63) is 24.3 Å². The summed E-state index contributed by atoms with van der Waals surface area (Å²) in [7, 11) is 0. The number of hydrogen-bond donors (Lipinski definition) is 3. The summed E-state index contributed by atoms with van der Waals surface area (Å²) in [5.74, 6) is -0.0218. The second-order valence-corrected chi connectivity index (χ2v) is 23.2. The van der Waals surface area contributed by atoms with Gasteiger partial charge < -0.3 is 15.5 Å². The van der Waals surface area contributed by atoms with Crippen LogP contribution in [-0.2, 0) is 4.79 Å². The molecular formula is C68H133NO3. The third kappa shape index (κ3) is 59.7. The van der Waals surface area contributed by atoms with Crippen LogP contribution in [-0.4, -0.2) is 34.9 Å². The summed E-state index contributed by atoms with van der Waals surface area (Å²) in [6.07, 6.45) is 86.5. The van der Waals surface area contributed by atoms with Crippen LogP contribution in [0.4, 0.5) is 0 Å². The largest absolute Gasteiger partial charge is 0.394 e. The number of rotatable bonds is 63. The maximum absolute atomic E-state index is 12.5. The van der Waals surface area contributed by atoms with Crippen molar-refractivity contribution in [2.24, 2.45) is 0 Å². The van der Waals surface area contributed by atoms with Crippen LogP contribution in [0.15, 0.2) is 24.3 Å². The molecule has 4 heteroatoms. The van der Waals surface area contributed by atoms with Crippen LogP contribution in [0.5, 0.6) is 0 Å². The molecule has 1 amide bonds. The summed E-state index contributed by atoms with van der Waals surface area (Å²) in [5.41, 5.74) is 0. The van der Waals surface area contributed by atoms with Crippen LogP contribution in [0, 0.1) is 0 Å². The van der Waals surface area contributed by atoms with Gasteiger partial charge >= 0.3 is 0 Å². The number of aliphatic hydroxyl groups excluding tert-OH is 2. The Morgan fingerprint density at radius 3 is 0.833 bits per heavy atom. The molecule has 0 saturated carbocycles. The van der Waals surface area contributed by atoms with E-state index < -0.39 is 12.1 Å². The molecule has 0 aliphatic carbocycles. The highest BCUT2D eigenvalue weighted by Crippen LogP contribution is 2.19. The maximum Gasteiger partial charge on any atom is 0.220 e. The first-order valence-corrected chi connectivity index (χ1v) is 33.5. The van der Waals surface area contributed by atoms with Crippen LogP contribution in [0.2, 0.25) is 0 Å². The van der Waals surface area contributed by atoms with E-state index in [9.17, 15) is 15.0 Å². The normalized spacial score (nSPS) is 12.8. The Hall–Kier alpha value is -1.13. The molecule has 0 spiro atoms.